The third-order valence-electron chi connectivity index (χ3n) is 13.3. The number of hydrogen-bond donors (Lipinski definition) is 5. The fourth-order valence-electron chi connectivity index (χ4n) is 9.73. The van der Waals surface area contributed by atoms with E-state index in [-0.39, 0.29) is 66.7 Å². The first-order chi connectivity index (χ1) is 32.3. The summed E-state index contributed by atoms with van der Waals surface area (Å²) in [6, 6.07) is 6.37. The van der Waals surface area contributed by atoms with Crippen molar-refractivity contribution in [3.63, 3.8) is 0 Å². The molecular weight excluding hydrogens is 886 g/mol. The number of alkyl carbamates (subject to hydrolysis) is 1. The van der Waals surface area contributed by atoms with E-state index in [1.165, 1.54) is 18.5 Å². The number of imide groups is 1. The molecule has 0 bridgehead atoms. The van der Waals surface area contributed by atoms with Crippen molar-refractivity contribution in [3.8, 4) is 0 Å². The fourth-order valence-corrected chi connectivity index (χ4v) is 9.73. The number of aliphatic imine (C=N–C) groups is 1. The highest BCUT2D eigenvalue weighted by molar-refractivity contribution is 6.19. The molecule has 3 atom stereocenters. The molecule has 368 valence electrons. The number of hydrogen-bond acceptors (Lipinski definition) is 14. The number of fused-ring (bicyclic) bond motifs is 1. The number of carbonyl (C=O) groups is 5. The van der Waals surface area contributed by atoms with E-state index < -0.39 is 53.9 Å². The highest BCUT2D eigenvalue weighted by Crippen LogP contribution is 2.33. The molecule has 5 heterocycles. The van der Waals surface area contributed by atoms with Gasteiger partial charge in [0.05, 0.1) is 29.9 Å². The molecule has 5 amide bonds. The third-order valence-corrected chi connectivity index (χ3v) is 13.3. The molecule has 1 aromatic heterocycles. The highest BCUT2D eigenvalue weighted by Gasteiger charge is 2.40. The Morgan fingerprint density at radius 1 is 1.04 bits per heavy atom. The molecule has 21 heteroatoms. The van der Waals surface area contributed by atoms with Crippen LogP contribution in [0, 0.1) is 5.92 Å². The topological polar surface area (TPSA) is 234 Å². The van der Waals surface area contributed by atoms with Crippen LogP contribution in [0.4, 0.5) is 29.5 Å². The Morgan fingerprint density at radius 3 is 2.46 bits per heavy atom. The van der Waals surface area contributed by atoms with Gasteiger partial charge >= 0.3 is 6.09 Å². The van der Waals surface area contributed by atoms with Crippen LogP contribution in [0.15, 0.2) is 53.0 Å². The second-order valence-corrected chi connectivity index (χ2v) is 19.4. The molecule has 3 saturated heterocycles. The largest absolute Gasteiger partial charge is 0.444 e. The number of halogens is 3. The molecule has 1 aliphatic carbocycles. The van der Waals surface area contributed by atoms with Crippen LogP contribution in [0.1, 0.15) is 100 Å². The third kappa shape index (κ3) is 12.3. The maximum absolute atomic E-state index is 14.9. The Balaban J connectivity index is 0.882. The van der Waals surface area contributed by atoms with Gasteiger partial charge in [0, 0.05) is 81.5 Å². The Morgan fingerprint density at radius 2 is 1.78 bits per heavy atom. The smallest absolute Gasteiger partial charge is 0.407 e. The molecular formula is C47H63F3N12O6. The van der Waals surface area contributed by atoms with Crippen LogP contribution in [0.25, 0.3) is 5.57 Å². The summed E-state index contributed by atoms with van der Waals surface area (Å²) < 4.78 is 48.2. The summed E-state index contributed by atoms with van der Waals surface area (Å²) in [4.78, 5) is 84.4. The number of ether oxygens (including phenoxy) is 1. The minimum atomic E-state index is -3.09. The summed E-state index contributed by atoms with van der Waals surface area (Å²) in [5.74, 6) is -1.28. The minimum absolute atomic E-state index is 0.0366. The number of nitrogens with two attached hydrogens (primary N) is 2. The molecule has 0 radical (unpaired) electrons. The molecule has 1 aromatic carbocycles. The van der Waals surface area contributed by atoms with Gasteiger partial charge in [-0.1, -0.05) is 0 Å². The summed E-state index contributed by atoms with van der Waals surface area (Å²) in [7, 11) is 2.15. The number of rotatable bonds is 13. The second-order valence-electron chi connectivity index (χ2n) is 19.4. The maximum atomic E-state index is 14.9. The van der Waals surface area contributed by atoms with E-state index in [4.69, 9.17) is 16.2 Å². The molecule has 5 aliphatic rings. The standard InChI is InChI=1S/C47H63F3N12O6/c1-47(2,3)68-46(67)55-31-20-29(48)25-61(26-31)38-13-16-53-42(57-38)35(21-51)43(64)56-36(40(52)41(49)50)22-54-30-7-5-27(6-8-30)23-59(4)32-14-17-60(18-15-32)33-9-10-34-28(19-33)24-62(45(34)66)37-11-12-39(63)58-44(37)65/h9-10,13,16,19,21-22,27,29-32,37,41H,5-8,11-12,14-15,17-18,20,23-26,51-52H2,1-4H3,(H,55,67)(H,56,64)(H,58,63,65)/b35-21+,40-36+,54-22?/t27?,29-,30?,31-,37?/m1/s1. The second kappa shape index (κ2) is 21.4. The fraction of sp³-hybridized carbons (Fsp3) is 0.574. The number of allylic oxidation sites excluding steroid dienone is 2. The summed E-state index contributed by atoms with van der Waals surface area (Å²) in [5, 5.41) is 7.48. The quantitative estimate of drug-likeness (QED) is 0.110. The van der Waals surface area contributed by atoms with Crippen molar-refractivity contribution in [1.29, 1.82) is 0 Å². The van der Waals surface area contributed by atoms with E-state index in [1.54, 1.807) is 30.6 Å². The van der Waals surface area contributed by atoms with Crippen molar-refractivity contribution in [2.45, 2.75) is 127 Å². The van der Waals surface area contributed by atoms with Crippen molar-refractivity contribution in [3.05, 3.63) is 65.0 Å². The van der Waals surface area contributed by atoms with Crippen molar-refractivity contribution < 1.29 is 41.9 Å². The van der Waals surface area contributed by atoms with Crippen molar-refractivity contribution in [2.24, 2.45) is 22.4 Å². The minimum Gasteiger partial charge on any atom is -0.444 e. The van der Waals surface area contributed by atoms with Crippen LogP contribution < -0.4 is 37.2 Å². The number of amides is 5. The van der Waals surface area contributed by atoms with E-state index in [9.17, 15) is 37.1 Å². The Kier molecular flexibility index (Phi) is 15.6. The summed E-state index contributed by atoms with van der Waals surface area (Å²) in [6.07, 6.45) is 4.16. The SMILES string of the molecule is CN(CC1CCC(N=C/C(NC(=O)/C(=C/N)c2nccc(N3C[C@H](F)C[C@@H](NC(=O)OC(C)(C)C)C3)n2)=C(\N)C(F)F)CC1)C1CCN(c2ccc3c(c2)CN(C2CCC(=O)NC2=O)C3=O)CC1. The van der Waals surface area contributed by atoms with Crippen molar-refractivity contribution in [1.82, 2.24) is 35.7 Å². The lowest BCUT2D eigenvalue weighted by Gasteiger charge is -2.40. The first kappa shape index (κ1) is 49.6. The van der Waals surface area contributed by atoms with E-state index >= 15 is 0 Å². The van der Waals surface area contributed by atoms with Crippen LogP contribution in [0.5, 0.6) is 0 Å². The molecule has 1 saturated carbocycles. The Labute approximate surface area is 394 Å². The van der Waals surface area contributed by atoms with Crippen LogP contribution in [-0.4, -0.2) is 138 Å². The maximum Gasteiger partial charge on any atom is 0.407 e. The molecule has 18 nitrogen and oxygen atoms in total. The molecule has 2 aromatic rings. The van der Waals surface area contributed by atoms with Gasteiger partial charge in [0.15, 0.2) is 5.82 Å². The normalized spacial score (nSPS) is 24.6. The van der Waals surface area contributed by atoms with Gasteiger partial charge in [-0.25, -0.2) is 27.9 Å². The van der Waals surface area contributed by atoms with Gasteiger partial charge < -0.3 is 46.4 Å². The lowest BCUT2D eigenvalue weighted by molar-refractivity contribution is -0.137. The van der Waals surface area contributed by atoms with E-state index in [2.05, 4.69) is 53.8 Å². The zero-order chi connectivity index (χ0) is 48.9. The molecule has 1 unspecified atom stereocenters. The number of anilines is 2. The number of carbonyl (C=O) groups excluding carboxylic acids is 5. The summed E-state index contributed by atoms with van der Waals surface area (Å²) >= 11 is 0. The van der Waals surface area contributed by atoms with Gasteiger partial charge in [0.1, 0.15) is 29.3 Å². The van der Waals surface area contributed by atoms with E-state index in [0.29, 0.717) is 30.5 Å². The van der Waals surface area contributed by atoms with Crippen LogP contribution in [-0.2, 0) is 25.7 Å². The molecule has 4 fully saturated rings. The Bertz CT molecular complexity index is 2310. The summed E-state index contributed by atoms with van der Waals surface area (Å²) in [6.45, 7) is 8.28. The average molecular weight is 949 g/mol. The number of piperidine rings is 3. The van der Waals surface area contributed by atoms with Crippen LogP contribution in [0.2, 0.25) is 0 Å². The first-order valence-electron chi connectivity index (χ1n) is 23.3. The molecule has 7 N–H and O–H groups in total. The Hall–Kier alpha value is -6.25. The predicted molar refractivity (Wildman–Crippen MR) is 249 cm³/mol. The van der Waals surface area contributed by atoms with Crippen LogP contribution >= 0.6 is 0 Å². The zero-order valence-electron chi connectivity index (χ0n) is 39.1. The monoisotopic (exact) mass is 948 g/mol. The molecule has 0 spiro atoms. The molecule has 68 heavy (non-hydrogen) atoms. The van der Waals surface area contributed by atoms with Gasteiger partial charge in [-0.15, -0.1) is 0 Å². The van der Waals surface area contributed by atoms with Gasteiger partial charge in [-0.3, -0.25) is 29.5 Å². The van der Waals surface area contributed by atoms with Crippen molar-refractivity contribution in [2.75, 3.05) is 49.6 Å². The van der Waals surface area contributed by atoms with Crippen molar-refractivity contribution >= 4 is 53.0 Å². The van der Waals surface area contributed by atoms with E-state index in [1.807, 2.05) is 12.1 Å². The molecule has 4 aliphatic heterocycles. The predicted octanol–water partition coefficient (Wildman–Crippen LogP) is 3.76. The van der Waals surface area contributed by atoms with Gasteiger partial charge in [-0.05, 0) is 109 Å². The number of nitrogens with one attached hydrogen (secondary N) is 3. The lowest BCUT2D eigenvalue weighted by Crippen LogP contribution is -2.52. The van der Waals surface area contributed by atoms with Gasteiger partial charge in [0.2, 0.25) is 11.8 Å². The highest BCUT2D eigenvalue weighted by atomic mass is 19.3. The molecule has 7 rings (SSSR count). The summed E-state index contributed by atoms with van der Waals surface area (Å²) in [5.41, 5.74) is 12.0. The lowest BCUT2D eigenvalue weighted by atomic mass is 9.85. The van der Waals surface area contributed by atoms with E-state index in [0.717, 1.165) is 75.6 Å². The number of alkyl halides is 3. The number of aromatic nitrogens is 2. The van der Waals surface area contributed by atoms with Gasteiger partial charge in [0.25, 0.3) is 18.2 Å². The number of benzene rings is 1. The van der Waals surface area contributed by atoms with Crippen LogP contribution in [0.3, 0.4) is 0 Å². The first-order valence-corrected chi connectivity index (χ1v) is 23.3. The van der Waals surface area contributed by atoms with Gasteiger partial charge in [-0.2, -0.15) is 0 Å². The average Bonchev–Trinajstić information content (AvgIpc) is 3.62. The number of nitrogens with zero attached hydrogens (tertiary/aromatic N) is 7. The zero-order valence-corrected chi connectivity index (χ0v) is 39.1.